The van der Waals surface area contributed by atoms with E-state index in [1.54, 1.807) is 0 Å². The molecule has 3 rings (SSSR count). The zero-order chi connectivity index (χ0) is 20.1. The van der Waals surface area contributed by atoms with Crippen LogP contribution in [0.5, 0.6) is 5.75 Å². The largest absolute Gasteiger partial charge is 0.482 e. The first-order valence-corrected chi connectivity index (χ1v) is 10.8. The van der Waals surface area contributed by atoms with E-state index in [1.807, 2.05) is 12.1 Å². The predicted molar refractivity (Wildman–Crippen MR) is 107 cm³/mol. The van der Waals surface area contributed by atoms with Gasteiger partial charge in [-0.1, -0.05) is 38.3 Å². The Hall–Kier alpha value is -1.59. The zero-order valence-electron chi connectivity index (χ0n) is 16.8. The Kier molecular flexibility index (Phi) is 7.36. The molecule has 3 N–H and O–H groups in total. The number of unbranched alkanes of at least 4 members (excludes halogenated alkanes) is 2. The molecule has 0 aliphatic heterocycles. The highest BCUT2D eigenvalue weighted by molar-refractivity contribution is 5.68. The fraction of sp³-hybridized carbons (Fsp3) is 0.696. The van der Waals surface area contributed by atoms with E-state index in [4.69, 9.17) is 9.84 Å². The van der Waals surface area contributed by atoms with Crippen LogP contribution in [-0.2, 0) is 17.6 Å². The molecule has 0 aromatic heterocycles. The van der Waals surface area contributed by atoms with Crippen LogP contribution >= 0.6 is 0 Å². The summed E-state index contributed by atoms with van der Waals surface area (Å²) in [4.78, 5) is 10.8. The molecule has 1 unspecified atom stereocenters. The highest BCUT2D eigenvalue weighted by Crippen LogP contribution is 2.48. The maximum atomic E-state index is 10.8. The van der Waals surface area contributed by atoms with Gasteiger partial charge in [-0.3, -0.25) is 0 Å². The smallest absolute Gasteiger partial charge is 0.341 e. The molecule has 5 heteroatoms. The van der Waals surface area contributed by atoms with E-state index in [1.165, 1.54) is 5.56 Å². The van der Waals surface area contributed by atoms with Crippen molar-refractivity contribution in [1.29, 1.82) is 0 Å². The second kappa shape index (κ2) is 9.75. The van der Waals surface area contributed by atoms with Gasteiger partial charge in [-0.2, -0.15) is 0 Å². The molecule has 1 fully saturated rings. The minimum atomic E-state index is -0.972. The van der Waals surface area contributed by atoms with Crippen LogP contribution in [0.1, 0.15) is 63.0 Å². The summed E-state index contributed by atoms with van der Waals surface area (Å²) in [5.41, 5.74) is 2.32. The maximum Gasteiger partial charge on any atom is 0.341 e. The van der Waals surface area contributed by atoms with Crippen molar-refractivity contribution in [2.24, 2.45) is 17.8 Å². The highest BCUT2D eigenvalue weighted by atomic mass is 16.5. The number of benzene rings is 1. The standard InChI is InChI=1S/C23H34O5/c1-2-3-4-7-17(24)9-10-18-19-11-15-6-5-8-22(28-14-23(26)27)20(15)12-16(19)13-21(18)25/h5-6,8,16-19,21,24-25H,2-4,7,9-14H2,1H3,(H,26,27)/t16-,17-,18+,19-,21?/m0/s1. The fourth-order valence-electron chi connectivity index (χ4n) is 5.24. The monoisotopic (exact) mass is 390 g/mol. The third kappa shape index (κ3) is 5.06. The molecule has 156 valence electrons. The number of hydrogen-bond acceptors (Lipinski definition) is 4. The lowest BCUT2D eigenvalue weighted by molar-refractivity contribution is -0.139. The summed E-state index contributed by atoms with van der Waals surface area (Å²) in [5.74, 6) is 0.768. The van der Waals surface area contributed by atoms with Crippen LogP contribution in [0.15, 0.2) is 18.2 Å². The summed E-state index contributed by atoms with van der Waals surface area (Å²) < 4.78 is 5.50. The van der Waals surface area contributed by atoms with E-state index in [0.29, 0.717) is 17.6 Å². The van der Waals surface area contributed by atoms with Crippen molar-refractivity contribution in [2.75, 3.05) is 6.61 Å². The molecule has 0 amide bonds. The third-order valence-corrected chi connectivity index (χ3v) is 6.67. The van der Waals surface area contributed by atoms with Gasteiger partial charge in [0.05, 0.1) is 12.2 Å². The van der Waals surface area contributed by atoms with Crippen molar-refractivity contribution in [3.63, 3.8) is 0 Å². The molecule has 0 radical (unpaired) electrons. The number of hydrogen-bond donors (Lipinski definition) is 3. The number of fused-ring (bicyclic) bond motifs is 2. The van der Waals surface area contributed by atoms with Gasteiger partial charge >= 0.3 is 5.97 Å². The van der Waals surface area contributed by atoms with E-state index in [-0.39, 0.29) is 24.7 Å². The van der Waals surface area contributed by atoms with Crippen LogP contribution in [0, 0.1) is 17.8 Å². The summed E-state index contributed by atoms with van der Waals surface area (Å²) >= 11 is 0. The van der Waals surface area contributed by atoms with Gasteiger partial charge in [0.15, 0.2) is 6.61 Å². The van der Waals surface area contributed by atoms with Crippen molar-refractivity contribution in [3.8, 4) is 5.75 Å². The maximum absolute atomic E-state index is 10.8. The second-order valence-electron chi connectivity index (χ2n) is 8.60. The van der Waals surface area contributed by atoms with Gasteiger partial charge in [-0.05, 0) is 73.5 Å². The average Bonchev–Trinajstić information content (AvgIpc) is 2.97. The number of aliphatic carboxylic acids is 1. The van der Waals surface area contributed by atoms with E-state index in [9.17, 15) is 15.0 Å². The Balaban J connectivity index is 1.62. The minimum Gasteiger partial charge on any atom is -0.482 e. The quantitative estimate of drug-likeness (QED) is 0.532. The topological polar surface area (TPSA) is 87.0 Å². The molecule has 5 atom stereocenters. The summed E-state index contributed by atoms with van der Waals surface area (Å²) in [5, 5.41) is 29.8. The molecular weight excluding hydrogens is 356 g/mol. The Morgan fingerprint density at radius 1 is 1.25 bits per heavy atom. The summed E-state index contributed by atoms with van der Waals surface area (Å²) in [6.07, 6.45) is 7.85. The van der Waals surface area contributed by atoms with Gasteiger partial charge in [0.2, 0.25) is 0 Å². The normalized spacial score (nSPS) is 27.1. The van der Waals surface area contributed by atoms with Gasteiger partial charge < -0.3 is 20.1 Å². The molecule has 0 saturated heterocycles. The zero-order valence-corrected chi connectivity index (χ0v) is 16.8. The van der Waals surface area contributed by atoms with Gasteiger partial charge in [0.1, 0.15) is 5.75 Å². The Morgan fingerprint density at radius 3 is 2.82 bits per heavy atom. The van der Waals surface area contributed by atoms with Crippen LogP contribution in [0.25, 0.3) is 0 Å². The fourth-order valence-corrected chi connectivity index (χ4v) is 5.24. The summed E-state index contributed by atoms with van der Waals surface area (Å²) in [7, 11) is 0. The van der Waals surface area contributed by atoms with E-state index in [2.05, 4.69) is 13.0 Å². The molecule has 1 aromatic rings. The van der Waals surface area contributed by atoms with E-state index < -0.39 is 5.97 Å². The lowest BCUT2D eigenvalue weighted by Gasteiger charge is -2.32. The molecule has 5 nitrogen and oxygen atoms in total. The third-order valence-electron chi connectivity index (χ3n) is 6.67. The Morgan fingerprint density at radius 2 is 2.07 bits per heavy atom. The first-order chi connectivity index (χ1) is 13.5. The van der Waals surface area contributed by atoms with Crippen LogP contribution in [0.2, 0.25) is 0 Å². The van der Waals surface area contributed by atoms with Gasteiger partial charge in [0.25, 0.3) is 0 Å². The van der Waals surface area contributed by atoms with Crippen molar-refractivity contribution in [2.45, 2.75) is 76.9 Å². The van der Waals surface area contributed by atoms with Crippen LogP contribution in [-0.4, -0.2) is 40.1 Å². The van der Waals surface area contributed by atoms with Crippen LogP contribution in [0.4, 0.5) is 0 Å². The number of aliphatic hydroxyl groups is 2. The molecule has 0 heterocycles. The summed E-state index contributed by atoms with van der Waals surface area (Å²) in [6, 6.07) is 5.87. The number of carboxylic acids is 1. The lowest BCUT2D eigenvalue weighted by Crippen LogP contribution is -2.28. The van der Waals surface area contributed by atoms with Crippen molar-refractivity contribution in [1.82, 2.24) is 0 Å². The number of aliphatic hydroxyl groups excluding tert-OH is 2. The van der Waals surface area contributed by atoms with Crippen molar-refractivity contribution in [3.05, 3.63) is 29.3 Å². The molecule has 1 saturated carbocycles. The van der Waals surface area contributed by atoms with E-state index >= 15 is 0 Å². The summed E-state index contributed by atoms with van der Waals surface area (Å²) in [6.45, 7) is 1.84. The number of carbonyl (C=O) groups is 1. The van der Waals surface area contributed by atoms with Crippen molar-refractivity contribution >= 4 is 5.97 Å². The molecule has 28 heavy (non-hydrogen) atoms. The van der Waals surface area contributed by atoms with Crippen molar-refractivity contribution < 1.29 is 24.9 Å². The molecule has 1 aromatic carbocycles. The SMILES string of the molecule is CCCCC[C@H](O)CC[C@H]1C(O)C[C@@H]2Cc3c(cccc3OCC(=O)O)C[C@@H]21. The predicted octanol–water partition coefficient (Wildman–Crippen LogP) is 3.58. The highest BCUT2D eigenvalue weighted by Gasteiger charge is 2.44. The van der Waals surface area contributed by atoms with Gasteiger partial charge in [0, 0.05) is 0 Å². The Bertz CT molecular complexity index is 658. The minimum absolute atomic E-state index is 0.238. The lowest BCUT2D eigenvalue weighted by atomic mass is 9.73. The van der Waals surface area contributed by atoms with Gasteiger partial charge in [-0.25, -0.2) is 4.79 Å². The second-order valence-corrected chi connectivity index (χ2v) is 8.60. The molecule has 0 bridgehead atoms. The molecule has 0 spiro atoms. The molecular formula is C23H34O5. The van der Waals surface area contributed by atoms with Gasteiger partial charge in [-0.15, -0.1) is 0 Å². The van der Waals surface area contributed by atoms with Crippen LogP contribution < -0.4 is 4.74 Å². The first-order valence-electron chi connectivity index (χ1n) is 10.8. The van der Waals surface area contributed by atoms with E-state index in [0.717, 1.165) is 63.4 Å². The molecule has 2 aliphatic carbocycles. The first kappa shape index (κ1) is 21.1. The van der Waals surface area contributed by atoms with Crippen LogP contribution in [0.3, 0.4) is 0 Å². The average molecular weight is 391 g/mol. The number of carboxylic acid groups (broad SMARTS) is 1. The number of rotatable bonds is 10. The Labute approximate surface area is 167 Å². The molecule has 2 aliphatic rings. The number of ether oxygens (including phenoxy) is 1.